The second-order valence-corrected chi connectivity index (χ2v) is 12.6. The fourth-order valence-electron chi connectivity index (χ4n) is 9.26. The highest BCUT2D eigenvalue weighted by molar-refractivity contribution is 5.09. The van der Waals surface area contributed by atoms with E-state index >= 15 is 0 Å². The Kier molecular flexibility index (Phi) is 5.98. The smallest absolute Gasteiger partial charge is 0.0543 e. The standard InChI is InChI=1S/C27H48O/c1-18(2)7-6-8-19(3)23-11-12-24-22-10-9-20-17-21(28)13-15-26(20,4)25(22)14-16-27(23,24)5/h18-25,28H,6-17H2,1-5H3/t19-,20?,21+,22?,23?,24?,25?,26+,27-/m1/s1. The molecule has 0 aromatic rings. The summed E-state index contributed by atoms with van der Waals surface area (Å²) in [7, 11) is 0. The maximum Gasteiger partial charge on any atom is 0.0543 e. The Hall–Kier alpha value is -0.0400. The molecule has 1 N–H and O–H groups in total. The van der Waals surface area contributed by atoms with Gasteiger partial charge in [0, 0.05) is 0 Å². The molecule has 0 aromatic carbocycles. The van der Waals surface area contributed by atoms with Crippen LogP contribution in [0.1, 0.15) is 112 Å². The Bertz CT molecular complexity index is 540. The maximum absolute atomic E-state index is 10.3. The zero-order valence-corrected chi connectivity index (χ0v) is 19.6. The third-order valence-corrected chi connectivity index (χ3v) is 10.8. The minimum atomic E-state index is -0.00830. The quantitative estimate of drug-likeness (QED) is 0.518. The zero-order chi connectivity index (χ0) is 20.1. The number of fused-ring (bicyclic) bond motifs is 5. The molecule has 9 atom stereocenters. The van der Waals surface area contributed by atoms with Crippen molar-refractivity contribution in [1.29, 1.82) is 0 Å². The third kappa shape index (κ3) is 3.50. The van der Waals surface area contributed by atoms with E-state index in [1.165, 1.54) is 64.2 Å². The molecule has 4 saturated carbocycles. The van der Waals surface area contributed by atoms with Gasteiger partial charge in [-0.25, -0.2) is 0 Å². The van der Waals surface area contributed by atoms with Crippen molar-refractivity contribution in [3.05, 3.63) is 0 Å². The lowest BCUT2D eigenvalue weighted by Gasteiger charge is -2.61. The Labute approximate surface area is 175 Å². The molecular formula is C27H48O. The van der Waals surface area contributed by atoms with E-state index in [-0.39, 0.29) is 6.10 Å². The molecule has 0 heterocycles. The van der Waals surface area contributed by atoms with Crippen LogP contribution < -0.4 is 0 Å². The Morgan fingerprint density at radius 3 is 2.29 bits per heavy atom. The molecule has 0 spiro atoms. The van der Waals surface area contributed by atoms with Gasteiger partial charge in [0.2, 0.25) is 0 Å². The van der Waals surface area contributed by atoms with Crippen LogP contribution in [0.3, 0.4) is 0 Å². The van der Waals surface area contributed by atoms with Crippen molar-refractivity contribution in [2.24, 2.45) is 52.3 Å². The van der Waals surface area contributed by atoms with E-state index in [2.05, 4.69) is 34.6 Å². The van der Waals surface area contributed by atoms with Crippen LogP contribution in [0.5, 0.6) is 0 Å². The molecule has 0 saturated heterocycles. The summed E-state index contributed by atoms with van der Waals surface area (Å²) in [5.74, 6) is 6.49. The number of aliphatic hydroxyl groups is 1. The lowest BCUT2D eigenvalue weighted by molar-refractivity contribution is -0.129. The fourth-order valence-corrected chi connectivity index (χ4v) is 9.26. The average Bonchev–Trinajstić information content (AvgIpc) is 2.99. The number of aliphatic hydroxyl groups excluding tert-OH is 1. The number of rotatable bonds is 5. The normalized spacial score (nSPS) is 49.4. The lowest BCUT2D eigenvalue weighted by atomic mass is 9.44. The largest absolute Gasteiger partial charge is 0.393 e. The van der Waals surface area contributed by atoms with Crippen molar-refractivity contribution in [1.82, 2.24) is 0 Å². The first-order chi connectivity index (χ1) is 13.3. The molecule has 4 rings (SSSR count). The molecule has 0 amide bonds. The van der Waals surface area contributed by atoms with E-state index in [4.69, 9.17) is 0 Å². The first-order valence-corrected chi connectivity index (χ1v) is 12.9. The predicted octanol–water partition coefficient (Wildman–Crippen LogP) is 7.47. The molecule has 1 heteroatoms. The van der Waals surface area contributed by atoms with Gasteiger partial charge in [0.25, 0.3) is 0 Å². The van der Waals surface area contributed by atoms with Crippen LogP contribution in [0, 0.1) is 52.3 Å². The number of hydrogen-bond acceptors (Lipinski definition) is 1. The summed E-state index contributed by atoms with van der Waals surface area (Å²) in [5, 5.41) is 10.3. The van der Waals surface area contributed by atoms with Gasteiger partial charge in [0.15, 0.2) is 0 Å². The summed E-state index contributed by atoms with van der Waals surface area (Å²) in [5.41, 5.74) is 1.15. The Morgan fingerprint density at radius 1 is 0.821 bits per heavy atom. The molecule has 162 valence electrons. The summed E-state index contributed by atoms with van der Waals surface area (Å²) in [6.07, 6.45) is 16.6. The van der Waals surface area contributed by atoms with Gasteiger partial charge in [0.05, 0.1) is 6.10 Å². The van der Waals surface area contributed by atoms with Crippen LogP contribution in [-0.2, 0) is 0 Å². The summed E-state index contributed by atoms with van der Waals surface area (Å²) in [6, 6.07) is 0. The van der Waals surface area contributed by atoms with Gasteiger partial charge in [0.1, 0.15) is 0 Å². The highest BCUT2D eigenvalue weighted by atomic mass is 16.3. The molecule has 0 radical (unpaired) electrons. The molecule has 1 nitrogen and oxygen atoms in total. The van der Waals surface area contributed by atoms with Gasteiger partial charge in [-0.1, -0.05) is 53.9 Å². The van der Waals surface area contributed by atoms with Crippen molar-refractivity contribution in [3.63, 3.8) is 0 Å². The molecular weight excluding hydrogens is 340 g/mol. The zero-order valence-electron chi connectivity index (χ0n) is 19.6. The SMILES string of the molecule is CC(C)CCC[C@@H](C)C1CCC2C3CCC4C[C@@H](O)CC[C@]4(C)C3CC[C@@]21C. The number of hydrogen-bond donors (Lipinski definition) is 1. The molecule has 28 heavy (non-hydrogen) atoms. The van der Waals surface area contributed by atoms with Gasteiger partial charge in [-0.05, 0) is 110 Å². The predicted molar refractivity (Wildman–Crippen MR) is 119 cm³/mol. The van der Waals surface area contributed by atoms with Crippen LogP contribution in [0.15, 0.2) is 0 Å². The summed E-state index contributed by atoms with van der Waals surface area (Å²) in [4.78, 5) is 0. The van der Waals surface area contributed by atoms with Crippen LogP contribution in [0.25, 0.3) is 0 Å². The van der Waals surface area contributed by atoms with Crippen LogP contribution in [-0.4, -0.2) is 11.2 Å². The van der Waals surface area contributed by atoms with Gasteiger partial charge in [-0.15, -0.1) is 0 Å². The Morgan fingerprint density at radius 2 is 1.54 bits per heavy atom. The van der Waals surface area contributed by atoms with Crippen molar-refractivity contribution in [3.8, 4) is 0 Å². The van der Waals surface area contributed by atoms with Crippen LogP contribution in [0.2, 0.25) is 0 Å². The summed E-state index contributed by atoms with van der Waals surface area (Å²) in [6.45, 7) is 12.7. The van der Waals surface area contributed by atoms with E-state index in [1.54, 1.807) is 0 Å². The van der Waals surface area contributed by atoms with Gasteiger partial charge in [-0.2, -0.15) is 0 Å². The molecule has 5 unspecified atom stereocenters. The van der Waals surface area contributed by atoms with Crippen LogP contribution in [0.4, 0.5) is 0 Å². The maximum atomic E-state index is 10.3. The topological polar surface area (TPSA) is 20.2 Å². The highest BCUT2D eigenvalue weighted by Crippen LogP contribution is 2.68. The first kappa shape index (κ1) is 21.2. The monoisotopic (exact) mass is 388 g/mol. The Balaban J connectivity index is 1.46. The van der Waals surface area contributed by atoms with E-state index < -0.39 is 0 Å². The summed E-state index contributed by atoms with van der Waals surface area (Å²) >= 11 is 0. The molecule has 4 aliphatic rings. The minimum absolute atomic E-state index is 0.00830. The molecule has 4 aliphatic carbocycles. The fraction of sp³-hybridized carbons (Fsp3) is 1.00. The average molecular weight is 389 g/mol. The highest BCUT2D eigenvalue weighted by Gasteiger charge is 2.60. The molecule has 0 aliphatic heterocycles. The van der Waals surface area contributed by atoms with E-state index in [0.717, 1.165) is 54.3 Å². The van der Waals surface area contributed by atoms with Crippen molar-refractivity contribution in [2.75, 3.05) is 0 Å². The van der Waals surface area contributed by atoms with Gasteiger partial charge in [-0.3, -0.25) is 0 Å². The van der Waals surface area contributed by atoms with Gasteiger partial charge >= 0.3 is 0 Å². The van der Waals surface area contributed by atoms with E-state index in [0.29, 0.717) is 10.8 Å². The van der Waals surface area contributed by atoms with Crippen molar-refractivity contribution >= 4 is 0 Å². The molecule has 0 aromatic heterocycles. The lowest BCUT2D eigenvalue weighted by Crippen LogP contribution is -2.54. The third-order valence-electron chi connectivity index (χ3n) is 10.8. The van der Waals surface area contributed by atoms with E-state index in [1.807, 2.05) is 0 Å². The molecule has 0 bridgehead atoms. The summed E-state index contributed by atoms with van der Waals surface area (Å²) < 4.78 is 0. The van der Waals surface area contributed by atoms with Gasteiger partial charge < -0.3 is 5.11 Å². The first-order valence-electron chi connectivity index (χ1n) is 12.9. The van der Waals surface area contributed by atoms with Crippen molar-refractivity contribution in [2.45, 2.75) is 118 Å². The van der Waals surface area contributed by atoms with Crippen LogP contribution >= 0.6 is 0 Å². The van der Waals surface area contributed by atoms with Crippen molar-refractivity contribution < 1.29 is 5.11 Å². The van der Waals surface area contributed by atoms with E-state index in [9.17, 15) is 5.11 Å². The molecule has 4 fully saturated rings. The second kappa shape index (κ2) is 7.90. The second-order valence-electron chi connectivity index (χ2n) is 12.6. The minimum Gasteiger partial charge on any atom is -0.393 e.